The molecule has 2 aromatic carbocycles. The van der Waals surface area contributed by atoms with E-state index in [-0.39, 0.29) is 16.9 Å². The molecule has 12 heteroatoms. The molecule has 0 aliphatic rings. The molecule has 0 unspecified atom stereocenters. The predicted octanol–water partition coefficient (Wildman–Crippen LogP) is 5.37. The van der Waals surface area contributed by atoms with Crippen LogP contribution < -0.4 is 10.6 Å². The van der Waals surface area contributed by atoms with Crippen LogP contribution >= 0.6 is 11.6 Å². The zero-order valence-electron chi connectivity index (χ0n) is 18.7. The number of halogens is 3. The van der Waals surface area contributed by atoms with Crippen LogP contribution in [-0.4, -0.2) is 25.4 Å². The smallest absolute Gasteiger partial charge is 0.249 e. The van der Waals surface area contributed by atoms with Gasteiger partial charge in [0, 0.05) is 22.7 Å². The van der Waals surface area contributed by atoms with E-state index in [4.69, 9.17) is 11.6 Å². The average Bonchev–Trinajstić information content (AvgIpc) is 3.44. The maximum absolute atomic E-state index is 13.8. The first-order chi connectivity index (χ1) is 18.0. The minimum absolute atomic E-state index is 0.126. The summed E-state index contributed by atoms with van der Waals surface area (Å²) in [6, 6.07) is 14.8. The van der Waals surface area contributed by atoms with Crippen molar-refractivity contribution in [3.8, 4) is 12.1 Å². The van der Waals surface area contributed by atoms with Crippen LogP contribution in [0.15, 0.2) is 61.1 Å². The second kappa shape index (κ2) is 9.85. The highest BCUT2D eigenvalue weighted by atomic mass is 35.5. The minimum atomic E-state index is -1.24. The number of fused-ring (bicyclic) bond motifs is 1. The van der Waals surface area contributed by atoms with Gasteiger partial charge in [0.1, 0.15) is 11.8 Å². The Balaban J connectivity index is 1.66. The number of benzene rings is 2. The van der Waals surface area contributed by atoms with Crippen LogP contribution in [0.3, 0.4) is 0 Å². The first kappa shape index (κ1) is 23.6. The van der Waals surface area contributed by atoms with E-state index in [0.29, 0.717) is 38.4 Å². The molecule has 0 radical (unpaired) electrons. The molecule has 0 spiro atoms. The molecule has 9 nitrogen and oxygen atoms in total. The summed E-state index contributed by atoms with van der Waals surface area (Å²) in [4.78, 5) is 7.84. The van der Waals surface area contributed by atoms with Crippen molar-refractivity contribution in [2.24, 2.45) is 0 Å². The van der Waals surface area contributed by atoms with E-state index in [9.17, 15) is 19.3 Å². The minimum Gasteiger partial charge on any atom is -0.371 e. The van der Waals surface area contributed by atoms with Gasteiger partial charge in [-0.2, -0.15) is 30.3 Å². The summed E-state index contributed by atoms with van der Waals surface area (Å²) >= 11 is 6.47. The van der Waals surface area contributed by atoms with E-state index < -0.39 is 17.8 Å². The fourth-order valence-electron chi connectivity index (χ4n) is 3.90. The standard InChI is InChI=1S/C25H14ClF2N9/c26-15-5-18-22(34-16-7-19(27)25(28)32-11-16)14(9-30)10-31-23(18)20(6-15)35-24(21-12-33-37-36-21)17-4-2-1-3-13(17)8-29/h1-7,10-12,24,35H,(H,31,34)(H,33,36,37)/t24-/m0/s1. The van der Waals surface area contributed by atoms with Crippen molar-refractivity contribution in [1.82, 2.24) is 25.4 Å². The predicted molar refractivity (Wildman–Crippen MR) is 132 cm³/mol. The monoisotopic (exact) mass is 513 g/mol. The fraction of sp³-hybridized carbons (Fsp3) is 0.0400. The van der Waals surface area contributed by atoms with Gasteiger partial charge in [-0.25, -0.2) is 9.37 Å². The van der Waals surface area contributed by atoms with E-state index in [2.05, 4.69) is 42.1 Å². The van der Waals surface area contributed by atoms with E-state index >= 15 is 0 Å². The van der Waals surface area contributed by atoms with Gasteiger partial charge in [0.25, 0.3) is 0 Å². The third-order valence-corrected chi connectivity index (χ3v) is 5.76. The van der Waals surface area contributed by atoms with Gasteiger partial charge < -0.3 is 10.6 Å². The molecule has 180 valence electrons. The summed E-state index contributed by atoms with van der Waals surface area (Å²) in [5, 5.41) is 37.1. The molecule has 1 atom stereocenters. The number of H-pyrrole nitrogens is 1. The Morgan fingerprint density at radius 2 is 1.78 bits per heavy atom. The maximum Gasteiger partial charge on any atom is 0.249 e. The van der Waals surface area contributed by atoms with Crippen LogP contribution in [0.2, 0.25) is 5.02 Å². The second-order valence-corrected chi connectivity index (χ2v) is 8.24. The van der Waals surface area contributed by atoms with Crippen molar-refractivity contribution in [3.05, 3.63) is 100 Å². The number of aromatic amines is 1. The van der Waals surface area contributed by atoms with E-state index in [1.807, 2.05) is 6.07 Å². The van der Waals surface area contributed by atoms with Gasteiger partial charge in [-0.3, -0.25) is 4.98 Å². The van der Waals surface area contributed by atoms with Crippen molar-refractivity contribution in [2.75, 3.05) is 10.6 Å². The van der Waals surface area contributed by atoms with Crippen LogP contribution in [0.5, 0.6) is 0 Å². The van der Waals surface area contributed by atoms with Crippen molar-refractivity contribution in [1.29, 1.82) is 10.5 Å². The van der Waals surface area contributed by atoms with Gasteiger partial charge in [-0.05, 0) is 23.8 Å². The number of nitrogens with one attached hydrogen (secondary N) is 3. The number of hydrogen-bond acceptors (Lipinski definition) is 8. The maximum atomic E-state index is 13.8. The molecule has 5 rings (SSSR count). The van der Waals surface area contributed by atoms with Gasteiger partial charge >= 0.3 is 0 Å². The number of nitriles is 2. The lowest BCUT2D eigenvalue weighted by molar-refractivity contribution is 0.480. The average molecular weight is 514 g/mol. The highest BCUT2D eigenvalue weighted by Gasteiger charge is 2.22. The summed E-state index contributed by atoms with van der Waals surface area (Å²) in [7, 11) is 0. The Bertz CT molecular complexity index is 1710. The Morgan fingerprint density at radius 3 is 2.51 bits per heavy atom. The van der Waals surface area contributed by atoms with Gasteiger partial charge in [0.2, 0.25) is 5.95 Å². The number of aromatic nitrogens is 5. The zero-order valence-corrected chi connectivity index (χ0v) is 19.4. The first-order valence-corrected chi connectivity index (χ1v) is 11.1. The third-order valence-electron chi connectivity index (χ3n) is 5.54. The summed E-state index contributed by atoms with van der Waals surface area (Å²) in [5.74, 6) is -2.38. The van der Waals surface area contributed by atoms with Crippen molar-refractivity contribution in [3.63, 3.8) is 0 Å². The molecule has 37 heavy (non-hydrogen) atoms. The summed E-state index contributed by atoms with van der Waals surface area (Å²) < 4.78 is 27.1. The highest BCUT2D eigenvalue weighted by Crippen LogP contribution is 2.37. The second-order valence-electron chi connectivity index (χ2n) is 7.80. The highest BCUT2D eigenvalue weighted by molar-refractivity contribution is 6.32. The van der Waals surface area contributed by atoms with Crippen molar-refractivity contribution >= 4 is 39.6 Å². The Hall–Kier alpha value is -5.13. The van der Waals surface area contributed by atoms with E-state index in [1.165, 1.54) is 12.4 Å². The van der Waals surface area contributed by atoms with E-state index in [1.54, 1.807) is 36.4 Å². The van der Waals surface area contributed by atoms with Crippen LogP contribution in [0.25, 0.3) is 10.9 Å². The van der Waals surface area contributed by atoms with Crippen molar-refractivity contribution < 1.29 is 8.78 Å². The number of nitrogens with zero attached hydrogens (tertiary/aromatic N) is 6. The lowest BCUT2D eigenvalue weighted by Gasteiger charge is -2.21. The van der Waals surface area contributed by atoms with Gasteiger partial charge in [0.05, 0.1) is 58.2 Å². The number of rotatable bonds is 6. The van der Waals surface area contributed by atoms with Gasteiger partial charge in [0.15, 0.2) is 5.82 Å². The molecule has 0 amide bonds. The fourth-order valence-corrected chi connectivity index (χ4v) is 4.12. The molecule has 0 aliphatic carbocycles. The number of anilines is 3. The molecule has 0 saturated carbocycles. The molecular formula is C25H14ClF2N9. The van der Waals surface area contributed by atoms with Gasteiger partial charge in [-0.1, -0.05) is 29.8 Å². The van der Waals surface area contributed by atoms with E-state index in [0.717, 1.165) is 12.3 Å². The largest absolute Gasteiger partial charge is 0.371 e. The third kappa shape index (κ3) is 4.59. The SMILES string of the molecule is N#Cc1ccccc1[C@H](Nc1cc(Cl)cc2c(Nc3cnc(F)c(F)c3)c(C#N)cnc12)c1cn[nH]n1. The lowest BCUT2D eigenvalue weighted by Crippen LogP contribution is -2.15. The Kier molecular flexibility index (Phi) is 6.29. The molecular weight excluding hydrogens is 500 g/mol. The number of pyridine rings is 2. The van der Waals surface area contributed by atoms with Gasteiger partial charge in [-0.15, -0.1) is 0 Å². The summed E-state index contributed by atoms with van der Waals surface area (Å²) in [5.41, 5.74) is 3.03. The van der Waals surface area contributed by atoms with Crippen molar-refractivity contribution in [2.45, 2.75) is 6.04 Å². The quantitative estimate of drug-likeness (QED) is 0.257. The molecule has 3 heterocycles. The number of hydrogen-bond donors (Lipinski definition) is 3. The summed E-state index contributed by atoms with van der Waals surface area (Å²) in [6.07, 6.45) is 3.99. The molecule has 0 aliphatic heterocycles. The molecule has 0 fully saturated rings. The normalized spacial score (nSPS) is 11.5. The molecule has 0 saturated heterocycles. The van der Waals surface area contributed by atoms with Crippen LogP contribution in [0.1, 0.15) is 28.4 Å². The summed E-state index contributed by atoms with van der Waals surface area (Å²) in [6.45, 7) is 0. The molecule has 3 aromatic heterocycles. The topological polar surface area (TPSA) is 139 Å². The molecule has 0 bridgehead atoms. The van der Waals surface area contributed by atoms with Crippen LogP contribution in [0.4, 0.5) is 25.8 Å². The zero-order chi connectivity index (χ0) is 25.9. The first-order valence-electron chi connectivity index (χ1n) is 10.7. The van der Waals surface area contributed by atoms with Crippen LogP contribution in [-0.2, 0) is 0 Å². The Morgan fingerprint density at radius 1 is 0.973 bits per heavy atom. The Labute approximate surface area is 213 Å². The molecule has 5 aromatic rings. The van der Waals surface area contributed by atoms with Crippen LogP contribution in [0, 0.1) is 34.4 Å². The molecule has 3 N–H and O–H groups in total. The lowest BCUT2D eigenvalue weighted by atomic mass is 9.98.